The van der Waals surface area contributed by atoms with Crippen molar-refractivity contribution in [3.05, 3.63) is 0 Å². The second-order valence-electron chi connectivity index (χ2n) is 6.68. The number of fused-ring (bicyclic) bond motifs is 1. The van der Waals surface area contributed by atoms with E-state index in [2.05, 4.69) is 5.32 Å². The number of aliphatic carboxylic acids is 1. The van der Waals surface area contributed by atoms with Crippen molar-refractivity contribution in [3.63, 3.8) is 0 Å². The SMILES string of the molecule is CCOC(=O)CCN[C@@H](C)C(=O)N1C2CCCCC2C[C@H]1C(=O)O. The Bertz CT molecular complexity index is 482. The number of nitrogens with zero attached hydrogens (tertiary/aromatic N) is 1. The number of ether oxygens (including phenoxy) is 1. The van der Waals surface area contributed by atoms with Gasteiger partial charge in [0.25, 0.3) is 0 Å². The molecule has 2 rings (SSSR count). The average Bonchev–Trinajstić information content (AvgIpc) is 2.94. The van der Waals surface area contributed by atoms with Gasteiger partial charge in [-0.3, -0.25) is 9.59 Å². The van der Waals surface area contributed by atoms with Gasteiger partial charge in [-0.2, -0.15) is 0 Å². The maximum atomic E-state index is 12.8. The minimum atomic E-state index is -0.920. The molecule has 1 amide bonds. The van der Waals surface area contributed by atoms with Gasteiger partial charge in [-0.15, -0.1) is 0 Å². The summed E-state index contributed by atoms with van der Waals surface area (Å²) in [7, 11) is 0. The second-order valence-corrected chi connectivity index (χ2v) is 6.68. The number of likely N-dealkylation sites (tertiary alicyclic amines) is 1. The van der Waals surface area contributed by atoms with Crippen LogP contribution in [0.4, 0.5) is 0 Å². The number of carbonyl (C=O) groups is 3. The first kappa shape index (κ1) is 18.7. The first-order valence-electron chi connectivity index (χ1n) is 8.89. The summed E-state index contributed by atoms with van der Waals surface area (Å²) in [4.78, 5) is 37.3. The first-order chi connectivity index (χ1) is 11.5. The van der Waals surface area contributed by atoms with Crippen LogP contribution in [0.15, 0.2) is 0 Å². The minimum absolute atomic E-state index is 0.0432. The lowest BCUT2D eigenvalue weighted by molar-refractivity contribution is -0.150. The van der Waals surface area contributed by atoms with Gasteiger partial charge in [-0.05, 0) is 39.0 Å². The Morgan fingerprint density at radius 3 is 2.67 bits per heavy atom. The molecule has 1 aliphatic carbocycles. The molecule has 0 radical (unpaired) electrons. The molecule has 24 heavy (non-hydrogen) atoms. The number of nitrogens with one attached hydrogen (secondary N) is 1. The largest absolute Gasteiger partial charge is 0.480 e. The summed E-state index contributed by atoms with van der Waals surface area (Å²) in [6.07, 6.45) is 4.80. The normalized spacial score (nSPS) is 27.4. The molecule has 2 unspecified atom stereocenters. The molecule has 0 spiro atoms. The Labute approximate surface area is 142 Å². The van der Waals surface area contributed by atoms with Crippen molar-refractivity contribution in [1.29, 1.82) is 0 Å². The predicted molar refractivity (Wildman–Crippen MR) is 87.3 cm³/mol. The zero-order chi connectivity index (χ0) is 17.7. The number of hydrogen-bond donors (Lipinski definition) is 2. The Kier molecular flexibility index (Phi) is 6.60. The Morgan fingerprint density at radius 2 is 2.00 bits per heavy atom. The fraction of sp³-hybridized carbons (Fsp3) is 0.824. The number of amides is 1. The van der Waals surface area contributed by atoms with E-state index < -0.39 is 18.1 Å². The molecular weight excluding hydrogens is 312 g/mol. The van der Waals surface area contributed by atoms with Crippen molar-refractivity contribution in [2.75, 3.05) is 13.2 Å². The van der Waals surface area contributed by atoms with Crippen molar-refractivity contribution in [1.82, 2.24) is 10.2 Å². The summed E-state index contributed by atoms with van der Waals surface area (Å²) in [6.45, 7) is 4.15. The monoisotopic (exact) mass is 340 g/mol. The molecule has 0 aromatic heterocycles. The van der Waals surface area contributed by atoms with Crippen LogP contribution in [-0.4, -0.2) is 59.1 Å². The zero-order valence-corrected chi connectivity index (χ0v) is 14.5. The highest BCUT2D eigenvalue weighted by molar-refractivity contribution is 5.88. The van der Waals surface area contributed by atoms with Crippen molar-refractivity contribution >= 4 is 17.8 Å². The summed E-state index contributed by atoms with van der Waals surface area (Å²) in [5.41, 5.74) is 0. The molecule has 0 aromatic carbocycles. The number of rotatable bonds is 7. The molecule has 1 heterocycles. The summed E-state index contributed by atoms with van der Waals surface area (Å²) in [6, 6.07) is -1.19. The molecule has 1 aliphatic heterocycles. The topological polar surface area (TPSA) is 95.9 Å². The van der Waals surface area contributed by atoms with Gasteiger partial charge in [0.2, 0.25) is 5.91 Å². The van der Waals surface area contributed by atoms with E-state index in [0.29, 0.717) is 25.5 Å². The highest BCUT2D eigenvalue weighted by Gasteiger charge is 2.48. The third kappa shape index (κ3) is 4.26. The van der Waals surface area contributed by atoms with Gasteiger partial charge in [0.1, 0.15) is 6.04 Å². The third-order valence-electron chi connectivity index (χ3n) is 5.08. The molecule has 136 valence electrons. The van der Waals surface area contributed by atoms with Crippen LogP contribution in [0.2, 0.25) is 0 Å². The maximum Gasteiger partial charge on any atom is 0.326 e. The molecule has 4 atom stereocenters. The zero-order valence-electron chi connectivity index (χ0n) is 14.5. The van der Waals surface area contributed by atoms with Crippen molar-refractivity contribution < 1.29 is 24.2 Å². The van der Waals surface area contributed by atoms with Gasteiger partial charge in [-0.25, -0.2) is 4.79 Å². The van der Waals surface area contributed by atoms with E-state index in [1.165, 1.54) is 0 Å². The number of hydrogen-bond acceptors (Lipinski definition) is 5. The molecule has 2 fully saturated rings. The van der Waals surface area contributed by atoms with E-state index >= 15 is 0 Å². The standard InChI is InChI=1S/C17H28N2O5/c1-3-24-15(20)8-9-18-11(2)16(21)19-13-7-5-4-6-12(13)10-14(19)17(22)23/h11-14,18H,3-10H2,1-2H3,(H,22,23)/t11-,12?,13?,14-/m0/s1. The lowest BCUT2D eigenvalue weighted by Gasteiger charge is -2.34. The van der Waals surface area contributed by atoms with E-state index in [9.17, 15) is 19.5 Å². The first-order valence-corrected chi connectivity index (χ1v) is 8.89. The summed E-state index contributed by atoms with van der Waals surface area (Å²) < 4.78 is 4.85. The lowest BCUT2D eigenvalue weighted by atomic mass is 9.84. The number of carboxylic acid groups (broad SMARTS) is 1. The third-order valence-corrected chi connectivity index (χ3v) is 5.08. The highest BCUT2D eigenvalue weighted by Crippen LogP contribution is 2.40. The summed E-state index contributed by atoms with van der Waals surface area (Å²) >= 11 is 0. The van der Waals surface area contributed by atoms with Crippen LogP contribution in [0.5, 0.6) is 0 Å². The van der Waals surface area contributed by atoms with E-state index in [4.69, 9.17) is 4.74 Å². The van der Waals surface area contributed by atoms with E-state index in [-0.39, 0.29) is 24.3 Å². The average molecular weight is 340 g/mol. The molecule has 1 saturated carbocycles. The molecule has 7 nitrogen and oxygen atoms in total. The maximum absolute atomic E-state index is 12.8. The van der Waals surface area contributed by atoms with Crippen molar-refractivity contribution in [3.8, 4) is 0 Å². The van der Waals surface area contributed by atoms with Gasteiger partial charge >= 0.3 is 11.9 Å². The molecule has 1 saturated heterocycles. The fourth-order valence-electron chi connectivity index (χ4n) is 3.93. The van der Waals surface area contributed by atoms with Crippen LogP contribution < -0.4 is 5.32 Å². The Balaban J connectivity index is 1.94. The minimum Gasteiger partial charge on any atom is -0.480 e. The van der Waals surface area contributed by atoms with E-state index in [1.807, 2.05) is 0 Å². The molecular formula is C17H28N2O5. The quantitative estimate of drug-likeness (QED) is 0.675. The van der Waals surface area contributed by atoms with Crippen LogP contribution in [0.3, 0.4) is 0 Å². The molecule has 2 aliphatic rings. The number of carbonyl (C=O) groups excluding carboxylic acids is 2. The van der Waals surface area contributed by atoms with E-state index in [0.717, 1.165) is 25.7 Å². The highest BCUT2D eigenvalue weighted by atomic mass is 16.5. The molecule has 7 heteroatoms. The van der Waals surface area contributed by atoms with Crippen LogP contribution >= 0.6 is 0 Å². The van der Waals surface area contributed by atoms with Crippen molar-refractivity contribution in [2.45, 2.75) is 70.5 Å². The molecule has 0 bridgehead atoms. The number of carboxylic acids is 1. The lowest BCUT2D eigenvalue weighted by Crippen LogP contribution is -2.53. The van der Waals surface area contributed by atoms with Gasteiger partial charge in [-0.1, -0.05) is 12.8 Å². The molecule has 2 N–H and O–H groups in total. The van der Waals surface area contributed by atoms with E-state index in [1.54, 1.807) is 18.7 Å². The smallest absolute Gasteiger partial charge is 0.326 e. The van der Waals surface area contributed by atoms with Gasteiger partial charge in [0.15, 0.2) is 0 Å². The Hall–Kier alpha value is -1.63. The van der Waals surface area contributed by atoms with Gasteiger partial charge in [0, 0.05) is 12.6 Å². The summed E-state index contributed by atoms with van der Waals surface area (Å²) in [5, 5.41) is 12.5. The van der Waals surface area contributed by atoms with Crippen molar-refractivity contribution in [2.24, 2.45) is 5.92 Å². The van der Waals surface area contributed by atoms with Crippen LogP contribution in [0.25, 0.3) is 0 Å². The van der Waals surface area contributed by atoms with Crippen LogP contribution in [-0.2, 0) is 19.1 Å². The second kappa shape index (κ2) is 8.46. The Morgan fingerprint density at radius 1 is 1.29 bits per heavy atom. The van der Waals surface area contributed by atoms with Crippen LogP contribution in [0.1, 0.15) is 52.4 Å². The van der Waals surface area contributed by atoms with Crippen LogP contribution in [0, 0.1) is 5.92 Å². The predicted octanol–water partition coefficient (Wildman–Crippen LogP) is 1.16. The van der Waals surface area contributed by atoms with Gasteiger partial charge in [0.05, 0.1) is 19.1 Å². The summed E-state index contributed by atoms with van der Waals surface area (Å²) in [5.74, 6) is -1.10. The fourth-order valence-corrected chi connectivity index (χ4v) is 3.93. The number of esters is 1. The van der Waals surface area contributed by atoms with Gasteiger partial charge < -0.3 is 20.1 Å². The molecule has 0 aromatic rings.